The van der Waals surface area contributed by atoms with Crippen molar-refractivity contribution in [3.63, 3.8) is 0 Å². The number of amides is 1. The zero-order valence-corrected chi connectivity index (χ0v) is 15.7. The number of ether oxygens (including phenoxy) is 1. The Morgan fingerprint density at radius 3 is 2.79 bits per heavy atom. The molecular formula is C21H20N4O3. The van der Waals surface area contributed by atoms with Crippen LogP contribution in [0.1, 0.15) is 18.5 Å². The van der Waals surface area contributed by atoms with Gasteiger partial charge >= 0.3 is 5.69 Å². The number of aromatic nitrogens is 3. The zero-order valence-electron chi connectivity index (χ0n) is 15.7. The molecule has 4 rings (SSSR count). The monoisotopic (exact) mass is 376 g/mol. The number of carbonyl (C=O) groups excluding carboxylic acids is 1. The third kappa shape index (κ3) is 3.15. The van der Waals surface area contributed by atoms with Crippen LogP contribution in [-0.4, -0.2) is 34.3 Å². The predicted octanol–water partition coefficient (Wildman–Crippen LogP) is 2.46. The molecule has 2 aromatic carbocycles. The van der Waals surface area contributed by atoms with E-state index in [9.17, 15) is 9.59 Å². The van der Waals surface area contributed by atoms with E-state index in [2.05, 4.69) is 10.1 Å². The van der Waals surface area contributed by atoms with Gasteiger partial charge in [-0.15, -0.1) is 0 Å². The third-order valence-electron chi connectivity index (χ3n) is 4.96. The quantitative estimate of drug-likeness (QED) is 0.699. The molecule has 0 saturated heterocycles. The maximum Gasteiger partial charge on any atom is 0.365 e. The maximum atomic E-state index is 13.0. The van der Waals surface area contributed by atoms with Gasteiger partial charge in [0.1, 0.15) is 11.8 Å². The molecule has 0 unspecified atom stereocenters. The molecule has 1 aromatic heterocycles. The van der Waals surface area contributed by atoms with Gasteiger partial charge in [0.15, 0.2) is 0 Å². The molecule has 0 bridgehead atoms. The van der Waals surface area contributed by atoms with Crippen molar-refractivity contribution in [3.05, 3.63) is 70.8 Å². The van der Waals surface area contributed by atoms with Gasteiger partial charge < -0.3 is 9.64 Å². The van der Waals surface area contributed by atoms with Crippen LogP contribution in [0.15, 0.2) is 59.5 Å². The highest BCUT2D eigenvalue weighted by atomic mass is 16.5. The summed E-state index contributed by atoms with van der Waals surface area (Å²) in [7, 11) is 1.58. The minimum atomic E-state index is -0.745. The summed E-state index contributed by atoms with van der Waals surface area (Å²) in [6, 6.07) is 14.3. The Labute approximate surface area is 162 Å². The van der Waals surface area contributed by atoms with Crippen molar-refractivity contribution >= 4 is 11.6 Å². The molecule has 142 valence electrons. The van der Waals surface area contributed by atoms with Crippen molar-refractivity contribution < 1.29 is 9.53 Å². The Bertz CT molecular complexity index is 1090. The standard InChI is InChI=1S/C21H20N4O3/c1-14(20(26)24-11-10-15-6-3-4-9-19(15)24)25-21(27)23-18(13-22-25)16-7-5-8-17(12-16)28-2/h3-9,12-14H,10-11H2,1-2H3/t14-/m1/s1. The maximum absolute atomic E-state index is 13.0. The minimum Gasteiger partial charge on any atom is -0.497 e. The van der Waals surface area contributed by atoms with E-state index in [0.29, 0.717) is 18.0 Å². The van der Waals surface area contributed by atoms with Crippen molar-refractivity contribution in [1.82, 2.24) is 14.8 Å². The molecule has 3 aromatic rings. The topological polar surface area (TPSA) is 77.3 Å². The van der Waals surface area contributed by atoms with Crippen LogP contribution in [0.25, 0.3) is 11.3 Å². The second-order valence-corrected chi connectivity index (χ2v) is 6.65. The highest BCUT2D eigenvalue weighted by Gasteiger charge is 2.29. The lowest BCUT2D eigenvalue weighted by Crippen LogP contribution is -2.40. The fourth-order valence-electron chi connectivity index (χ4n) is 3.43. The molecule has 0 N–H and O–H groups in total. The van der Waals surface area contributed by atoms with Crippen molar-refractivity contribution in [2.75, 3.05) is 18.6 Å². The summed E-state index contributed by atoms with van der Waals surface area (Å²) in [5.74, 6) is 0.496. The molecule has 2 heterocycles. The van der Waals surface area contributed by atoms with Gasteiger partial charge in [0.25, 0.3) is 5.91 Å². The fraction of sp³-hybridized carbons (Fsp3) is 0.238. The summed E-state index contributed by atoms with van der Waals surface area (Å²) < 4.78 is 6.34. The van der Waals surface area contributed by atoms with E-state index in [1.54, 1.807) is 25.0 Å². The second-order valence-electron chi connectivity index (χ2n) is 6.65. The van der Waals surface area contributed by atoms with E-state index in [4.69, 9.17) is 4.74 Å². The number of carbonyl (C=O) groups is 1. The molecule has 1 aliphatic rings. The van der Waals surface area contributed by atoms with Gasteiger partial charge in [0.05, 0.1) is 19.0 Å². The SMILES string of the molecule is COc1cccc(-c2cnn([C@H](C)C(=O)N3CCc4ccccc43)c(=O)n2)c1. The summed E-state index contributed by atoms with van der Waals surface area (Å²) in [6.45, 7) is 2.27. The first kappa shape index (κ1) is 17.9. The lowest BCUT2D eigenvalue weighted by molar-refractivity contribution is -0.121. The summed E-state index contributed by atoms with van der Waals surface area (Å²) in [6.07, 6.45) is 2.31. The van der Waals surface area contributed by atoms with Gasteiger partial charge in [-0.05, 0) is 37.1 Å². The van der Waals surface area contributed by atoms with E-state index in [-0.39, 0.29) is 5.91 Å². The van der Waals surface area contributed by atoms with E-state index >= 15 is 0 Å². The highest BCUT2D eigenvalue weighted by Crippen LogP contribution is 2.29. The molecule has 1 amide bonds. The molecular weight excluding hydrogens is 356 g/mol. The van der Waals surface area contributed by atoms with Gasteiger partial charge in [-0.2, -0.15) is 10.1 Å². The van der Waals surface area contributed by atoms with Crippen molar-refractivity contribution in [2.45, 2.75) is 19.4 Å². The largest absolute Gasteiger partial charge is 0.497 e. The average molecular weight is 376 g/mol. The summed E-state index contributed by atoms with van der Waals surface area (Å²) in [5, 5.41) is 4.21. The van der Waals surface area contributed by atoms with Crippen LogP contribution >= 0.6 is 0 Å². The molecule has 0 aliphatic carbocycles. The van der Waals surface area contributed by atoms with Crippen LogP contribution in [0.4, 0.5) is 5.69 Å². The lowest BCUT2D eigenvalue weighted by Gasteiger charge is -2.22. The molecule has 0 saturated carbocycles. The molecule has 28 heavy (non-hydrogen) atoms. The number of hydrogen-bond donors (Lipinski definition) is 0. The first-order valence-corrected chi connectivity index (χ1v) is 9.08. The van der Waals surface area contributed by atoms with Crippen molar-refractivity contribution in [2.24, 2.45) is 0 Å². The fourth-order valence-corrected chi connectivity index (χ4v) is 3.43. The second kappa shape index (κ2) is 7.26. The predicted molar refractivity (Wildman–Crippen MR) is 105 cm³/mol. The molecule has 1 aliphatic heterocycles. The van der Waals surface area contributed by atoms with Crippen LogP contribution < -0.4 is 15.3 Å². The van der Waals surface area contributed by atoms with Crippen LogP contribution in [0.2, 0.25) is 0 Å². The first-order chi connectivity index (χ1) is 13.6. The Morgan fingerprint density at radius 2 is 2.00 bits per heavy atom. The number of methoxy groups -OCH3 is 1. The molecule has 1 atom stereocenters. The molecule has 0 radical (unpaired) electrons. The Hall–Kier alpha value is -3.48. The smallest absolute Gasteiger partial charge is 0.365 e. The number of benzene rings is 2. The Balaban J connectivity index is 1.61. The van der Waals surface area contributed by atoms with E-state index in [1.807, 2.05) is 42.5 Å². The molecule has 0 spiro atoms. The zero-order chi connectivity index (χ0) is 19.7. The van der Waals surface area contributed by atoms with E-state index < -0.39 is 11.7 Å². The van der Waals surface area contributed by atoms with Crippen LogP contribution in [0.5, 0.6) is 5.75 Å². The van der Waals surface area contributed by atoms with Crippen molar-refractivity contribution in [1.29, 1.82) is 0 Å². The lowest BCUT2D eigenvalue weighted by atomic mass is 10.1. The van der Waals surface area contributed by atoms with Gasteiger partial charge in [0, 0.05) is 17.8 Å². The highest BCUT2D eigenvalue weighted by molar-refractivity contribution is 5.97. The summed E-state index contributed by atoms with van der Waals surface area (Å²) >= 11 is 0. The molecule has 7 nitrogen and oxygen atoms in total. The minimum absolute atomic E-state index is 0.171. The molecule has 7 heteroatoms. The number of hydrogen-bond acceptors (Lipinski definition) is 5. The van der Waals surface area contributed by atoms with Crippen LogP contribution in [-0.2, 0) is 11.2 Å². The van der Waals surface area contributed by atoms with Gasteiger partial charge in [0.2, 0.25) is 0 Å². The van der Waals surface area contributed by atoms with Gasteiger partial charge in [-0.25, -0.2) is 9.48 Å². The third-order valence-corrected chi connectivity index (χ3v) is 4.96. The number of nitrogens with zero attached hydrogens (tertiary/aromatic N) is 4. The van der Waals surface area contributed by atoms with E-state index in [1.165, 1.54) is 6.20 Å². The van der Waals surface area contributed by atoms with Gasteiger partial charge in [-0.3, -0.25) is 4.79 Å². The first-order valence-electron chi connectivity index (χ1n) is 9.08. The number of fused-ring (bicyclic) bond motifs is 1. The Kier molecular flexibility index (Phi) is 4.65. The number of anilines is 1. The average Bonchev–Trinajstić information content (AvgIpc) is 3.17. The number of rotatable bonds is 4. The summed E-state index contributed by atoms with van der Waals surface area (Å²) in [5.41, 5.74) is 2.63. The van der Waals surface area contributed by atoms with Gasteiger partial charge in [-0.1, -0.05) is 30.3 Å². The summed E-state index contributed by atoms with van der Waals surface area (Å²) in [4.78, 5) is 31.4. The molecule has 0 fully saturated rings. The van der Waals surface area contributed by atoms with E-state index in [0.717, 1.165) is 27.9 Å². The van der Waals surface area contributed by atoms with Crippen LogP contribution in [0, 0.1) is 0 Å². The normalized spacial score (nSPS) is 13.9. The van der Waals surface area contributed by atoms with Crippen molar-refractivity contribution in [3.8, 4) is 17.0 Å². The van der Waals surface area contributed by atoms with Crippen LogP contribution in [0.3, 0.4) is 0 Å². The number of para-hydroxylation sites is 1. The Morgan fingerprint density at radius 1 is 1.18 bits per heavy atom.